The Kier molecular flexibility index (Phi) is 9.12. The first-order valence-electron chi connectivity index (χ1n) is 8.24. The van der Waals surface area contributed by atoms with Crippen LogP contribution in [-0.2, 0) is 21.0 Å². The van der Waals surface area contributed by atoms with Crippen molar-refractivity contribution in [2.45, 2.75) is 5.78 Å². The predicted octanol–water partition coefficient (Wildman–Crippen LogP) is 3.73. The molecule has 0 heterocycles. The molecule has 0 bridgehead atoms. The van der Waals surface area contributed by atoms with Gasteiger partial charge in [0, 0.05) is 7.05 Å². The second kappa shape index (κ2) is 11.3. The van der Waals surface area contributed by atoms with Crippen LogP contribution < -0.4 is 14.6 Å². The zero-order chi connectivity index (χ0) is 20.5. The van der Waals surface area contributed by atoms with E-state index in [2.05, 4.69) is 15.1 Å². The standard InChI is InChI=1S/C17H23N3O5P2S/c1-18-17(26(22)25-21)14-6-10-16(11-7-14)24-27(28)20(2)19-12-13-4-8-15(23-3)9-5-13/h4-12,17-18,21,26-27H,1-3H3/b19-12+. The van der Waals surface area contributed by atoms with Crippen molar-refractivity contribution in [2.75, 3.05) is 21.2 Å². The van der Waals surface area contributed by atoms with E-state index >= 15 is 0 Å². The summed E-state index contributed by atoms with van der Waals surface area (Å²) in [5, 5.41) is 15.8. The van der Waals surface area contributed by atoms with Crippen molar-refractivity contribution < 1.29 is 23.8 Å². The first kappa shape index (κ1) is 22.6. The number of benzene rings is 2. The van der Waals surface area contributed by atoms with Crippen molar-refractivity contribution in [1.29, 1.82) is 0 Å². The van der Waals surface area contributed by atoms with Gasteiger partial charge in [-0.05, 0) is 66.4 Å². The molecule has 2 rings (SSSR count). The van der Waals surface area contributed by atoms with Crippen molar-refractivity contribution in [3.8, 4) is 11.5 Å². The first-order chi connectivity index (χ1) is 13.5. The van der Waals surface area contributed by atoms with Crippen LogP contribution in [0.5, 0.6) is 11.5 Å². The number of rotatable bonds is 10. The SMILES string of the molecule is CNC(c1ccc(O[PH](=S)N(C)/N=C/c2ccc(OC)cc2)cc1)[PH](=O)OO. The highest BCUT2D eigenvalue weighted by atomic mass is 32.4. The summed E-state index contributed by atoms with van der Waals surface area (Å²) in [6, 6.07) is 14.4. The Labute approximate surface area is 170 Å². The minimum atomic E-state index is -2.65. The molecule has 152 valence electrons. The highest BCUT2D eigenvalue weighted by molar-refractivity contribution is 8.02. The van der Waals surface area contributed by atoms with Crippen molar-refractivity contribution in [1.82, 2.24) is 10.1 Å². The Morgan fingerprint density at radius 1 is 1.18 bits per heavy atom. The molecule has 2 N–H and O–H groups in total. The van der Waals surface area contributed by atoms with E-state index in [-0.39, 0.29) is 0 Å². The Morgan fingerprint density at radius 2 is 1.79 bits per heavy atom. The van der Waals surface area contributed by atoms with E-state index in [4.69, 9.17) is 26.3 Å². The van der Waals surface area contributed by atoms with Crippen LogP contribution in [0, 0.1) is 0 Å². The number of ether oxygens (including phenoxy) is 1. The molecule has 8 nitrogen and oxygen atoms in total. The molecule has 0 aliphatic rings. The van der Waals surface area contributed by atoms with Gasteiger partial charge in [0.15, 0.2) is 0 Å². The number of methoxy groups -OCH3 is 1. The van der Waals surface area contributed by atoms with Gasteiger partial charge in [-0.25, -0.2) is 10.0 Å². The van der Waals surface area contributed by atoms with Crippen LogP contribution in [0.25, 0.3) is 0 Å². The van der Waals surface area contributed by atoms with E-state index in [9.17, 15) is 4.57 Å². The van der Waals surface area contributed by atoms with Gasteiger partial charge >= 0.3 is 0 Å². The number of hydrogen-bond acceptors (Lipinski definition) is 8. The zero-order valence-electron chi connectivity index (χ0n) is 15.7. The van der Waals surface area contributed by atoms with Gasteiger partial charge in [0.05, 0.1) is 13.3 Å². The van der Waals surface area contributed by atoms with E-state index in [1.165, 1.54) is 0 Å². The molecule has 3 atom stereocenters. The van der Waals surface area contributed by atoms with Crippen LogP contribution in [0.2, 0.25) is 0 Å². The Bertz CT molecular complexity index is 834. The molecule has 0 amide bonds. The molecule has 0 aliphatic carbocycles. The predicted molar refractivity (Wildman–Crippen MR) is 116 cm³/mol. The third-order valence-electron chi connectivity index (χ3n) is 3.79. The summed E-state index contributed by atoms with van der Waals surface area (Å²) in [5.74, 6) is 0.773. The van der Waals surface area contributed by atoms with Crippen LogP contribution in [0.4, 0.5) is 0 Å². The minimum Gasteiger partial charge on any atom is -0.497 e. The van der Waals surface area contributed by atoms with Gasteiger partial charge in [0.1, 0.15) is 17.3 Å². The summed E-state index contributed by atoms with van der Waals surface area (Å²) in [5.41, 5.74) is 1.62. The molecule has 11 heteroatoms. The lowest BCUT2D eigenvalue weighted by Crippen LogP contribution is -2.13. The fourth-order valence-electron chi connectivity index (χ4n) is 2.26. The van der Waals surface area contributed by atoms with Gasteiger partial charge in [-0.2, -0.15) is 9.78 Å². The molecule has 2 aromatic carbocycles. The third-order valence-corrected chi connectivity index (χ3v) is 7.16. The van der Waals surface area contributed by atoms with Gasteiger partial charge < -0.3 is 14.6 Å². The van der Waals surface area contributed by atoms with Gasteiger partial charge in [-0.3, -0.25) is 4.57 Å². The van der Waals surface area contributed by atoms with E-state index < -0.39 is 20.9 Å². The fourth-order valence-corrected chi connectivity index (χ4v) is 4.12. The van der Waals surface area contributed by atoms with Crippen LogP contribution >= 0.6 is 15.1 Å². The maximum Gasteiger partial charge on any atom is 0.244 e. The Balaban J connectivity index is 1.97. The van der Waals surface area contributed by atoms with Crippen LogP contribution in [0.3, 0.4) is 0 Å². The smallest absolute Gasteiger partial charge is 0.244 e. The van der Waals surface area contributed by atoms with Gasteiger partial charge in [-0.15, -0.1) is 0 Å². The Morgan fingerprint density at radius 3 is 2.32 bits per heavy atom. The lowest BCUT2D eigenvalue weighted by atomic mass is 10.2. The molecule has 0 radical (unpaired) electrons. The van der Waals surface area contributed by atoms with Crippen molar-refractivity contribution in [3.63, 3.8) is 0 Å². The molecular formula is C17H23N3O5P2S. The second-order valence-corrected chi connectivity index (χ2v) is 9.44. The topological polar surface area (TPSA) is 92.6 Å². The molecule has 28 heavy (non-hydrogen) atoms. The molecule has 0 saturated carbocycles. The molecule has 3 unspecified atom stereocenters. The van der Waals surface area contributed by atoms with Gasteiger partial charge in [0.25, 0.3) is 0 Å². The van der Waals surface area contributed by atoms with E-state index in [1.54, 1.807) is 56.5 Å². The van der Waals surface area contributed by atoms with Crippen molar-refractivity contribution >= 4 is 33.1 Å². The second-order valence-electron chi connectivity index (χ2n) is 5.61. The van der Waals surface area contributed by atoms with Crippen LogP contribution in [0.15, 0.2) is 53.6 Å². The highest BCUT2D eigenvalue weighted by Crippen LogP contribution is 2.39. The van der Waals surface area contributed by atoms with E-state index in [0.717, 1.165) is 11.3 Å². The van der Waals surface area contributed by atoms with E-state index in [0.29, 0.717) is 11.3 Å². The monoisotopic (exact) mass is 443 g/mol. The molecule has 0 fully saturated rings. The molecule has 0 spiro atoms. The minimum absolute atomic E-state index is 0.582. The van der Waals surface area contributed by atoms with Gasteiger partial charge in [0.2, 0.25) is 15.1 Å². The largest absolute Gasteiger partial charge is 0.497 e. The zero-order valence-corrected chi connectivity index (χ0v) is 18.5. The van der Waals surface area contributed by atoms with E-state index in [1.807, 2.05) is 24.3 Å². The summed E-state index contributed by atoms with van der Waals surface area (Å²) in [6.07, 6.45) is 1.70. The summed E-state index contributed by atoms with van der Waals surface area (Å²) < 4.78 is 28.2. The summed E-state index contributed by atoms with van der Waals surface area (Å²) in [6.45, 7) is 0. The first-order valence-corrected chi connectivity index (χ1v) is 12.1. The summed E-state index contributed by atoms with van der Waals surface area (Å²) in [7, 11) is 0.560. The molecule has 0 aromatic heterocycles. The van der Waals surface area contributed by atoms with Crippen LogP contribution in [-0.4, -0.2) is 37.5 Å². The summed E-state index contributed by atoms with van der Waals surface area (Å²) in [4.78, 5) is 0. The third kappa shape index (κ3) is 6.41. The fraction of sp³-hybridized carbons (Fsp3) is 0.235. The number of nitrogens with zero attached hydrogens (tertiary/aromatic N) is 2. The molecule has 0 aliphatic heterocycles. The van der Waals surface area contributed by atoms with Gasteiger partial charge in [-0.1, -0.05) is 12.1 Å². The molecular weight excluding hydrogens is 420 g/mol. The lowest BCUT2D eigenvalue weighted by molar-refractivity contribution is -0.131. The average molecular weight is 443 g/mol. The van der Waals surface area contributed by atoms with Crippen molar-refractivity contribution in [3.05, 3.63) is 59.7 Å². The maximum atomic E-state index is 11.7. The quantitative estimate of drug-likeness (QED) is 0.248. The highest BCUT2D eigenvalue weighted by Gasteiger charge is 2.17. The maximum absolute atomic E-state index is 11.7. The molecule has 2 aromatic rings. The van der Waals surface area contributed by atoms with Crippen LogP contribution in [0.1, 0.15) is 16.9 Å². The number of nitrogens with one attached hydrogen (secondary N) is 1. The number of hydrazone groups is 1. The normalized spacial score (nSPS) is 14.4. The van der Waals surface area contributed by atoms with Crippen molar-refractivity contribution in [2.24, 2.45) is 5.10 Å². The summed E-state index contributed by atoms with van der Waals surface area (Å²) >= 11 is 5.43. The Hall–Kier alpha value is -1.73. The molecule has 0 saturated heterocycles. The number of hydrogen-bond donors (Lipinski definition) is 2. The average Bonchev–Trinajstić information content (AvgIpc) is 2.73. The lowest BCUT2D eigenvalue weighted by Gasteiger charge is -2.18.